The predicted octanol–water partition coefficient (Wildman–Crippen LogP) is 5.89. The van der Waals surface area contributed by atoms with Gasteiger partial charge in [-0.25, -0.2) is 9.82 Å². The predicted molar refractivity (Wildman–Crippen MR) is 116 cm³/mol. The summed E-state index contributed by atoms with van der Waals surface area (Å²) in [7, 11) is 0. The molecule has 4 nitrogen and oxygen atoms in total. The summed E-state index contributed by atoms with van der Waals surface area (Å²) >= 11 is 9.50. The molecule has 0 aromatic heterocycles. The molecule has 7 heteroatoms. The van der Waals surface area contributed by atoms with Gasteiger partial charge in [0.1, 0.15) is 18.2 Å². The van der Waals surface area contributed by atoms with Crippen molar-refractivity contribution in [3.63, 3.8) is 0 Å². The Morgan fingerprint density at radius 1 is 1.21 bits per heavy atom. The average molecular weight is 476 g/mol. The second kappa shape index (κ2) is 9.67. The summed E-state index contributed by atoms with van der Waals surface area (Å²) in [4.78, 5) is 12.3. The Balaban J connectivity index is 1.72. The average Bonchev–Trinajstić information content (AvgIpc) is 2.68. The van der Waals surface area contributed by atoms with Crippen LogP contribution in [0.1, 0.15) is 27.0 Å². The van der Waals surface area contributed by atoms with E-state index in [0.717, 1.165) is 10.0 Å². The number of nitrogens with zero attached hydrogens (tertiary/aromatic N) is 1. The van der Waals surface area contributed by atoms with E-state index in [4.69, 9.17) is 16.3 Å². The molecule has 3 aromatic carbocycles. The molecule has 0 unspecified atom stereocenters. The molecule has 0 bridgehead atoms. The molecule has 0 saturated heterocycles. The molecule has 29 heavy (non-hydrogen) atoms. The highest BCUT2D eigenvalue weighted by Gasteiger charge is 2.10. The van der Waals surface area contributed by atoms with Gasteiger partial charge in [-0.2, -0.15) is 5.10 Å². The van der Waals surface area contributed by atoms with Gasteiger partial charge in [-0.1, -0.05) is 51.8 Å². The minimum Gasteiger partial charge on any atom is -0.488 e. The van der Waals surface area contributed by atoms with Crippen LogP contribution in [-0.4, -0.2) is 12.1 Å². The molecular weight excluding hydrogens is 459 g/mol. The van der Waals surface area contributed by atoms with Crippen molar-refractivity contribution in [3.8, 4) is 5.75 Å². The SMILES string of the molecule is Cc1ccc(C(=O)N/N=C\c2cc(Br)ccc2OCc2ccccc2F)c(Cl)c1. The van der Waals surface area contributed by atoms with E-state index < -0.39 is 5.91 Å². The van der Waals surface area contributed by atoms with Crippen molar-refractivity contribution in [1.82, 2.24) is 5.43 Å². The third kappa shape index (κ3) is 5.65. The number of hydrogen-bond acceptors (Lipinski definition) is 3. The summed E-state index contributed by atoms with van der Waals surface area (Å²) in [5.74, 6) is -0.250. The van der Waals surface area contributed by atoms with Gasteiger partial charge in [0, 0.05) is 15.6 Å². The Hall–Kier alpha value is -2.70. The Labute approximate surface area is 181 Å². The maximum Gasteiger partial charge on any atom is 0.272 e. The lowest BCUT2D eigenvalue weighted by molar-refractivity contribution is 0.0955. The highest BCUT2D eigenvalue weighted by atomic mass is 79.9. The Bertz CT molecular complexity index is 1070. The fraction of sp³-hybridized carbons (Fsp3) is 0.0909. The molecule has 0 aliphatic heterocycles. The fourth-order valence-corrected chi connectivity index (χ4v) is 3.25. The van der Waals surface area contributed by atoms with Gasteiger partial charge in [-0.3, -0.25) is 4.79 Å². The van der Waals surface area contributed by atoms with Crippen molar-refractivity contribution < 1.29 is 13.9 Å². The first kappa shape index (κ1) is 21.0. The number of amides is 1. The van der Waals surface area contributed by atoms with Gasteiger partial charge < -0.3 is 4.74 Å². The number of hydrogen-bond donors (Lipinski definition) is 1. The maximum atomic E-state index is 13.8. The van der Waals surface area contributed by atoms with E-state index >= 15 is 0 Å². The summed E-state index contributed by atoms with van der Waals surface area (Å²) in [6.45, 7) is 1.96. The zero-order valence-corrected chi connectivity index (χ0v) is 17.8. The van der Waals surface area contributed by atoms with Gasteiger partial charge in [0.2, 0.25) is 0 Å². The van der Waals surface area contributed by atoms with Gasteiger partial charge in [0.05, 0.1) is 16.8 Å². The van der Waals surface area contributed by atoms with E-state index in [-0.39, 0.29) is 12.4 Å². The summed E-state index contributed by atoms with van der Waals surface area (Å²) in [6, 6.07) is 16.9. The molecule has 0 atom stereocenters. The molecule has 1 N–H and O–H groups in total. The zero-order valence-electron chi connectivity index (χ0n) is 15.5. The lowest BCUT2D eigenvalue weighted by Crippen LogP contribution is -2.18. The number of hydrazone groups is 1. The fourth-order valence-electron chi connectivity index (χ4n) is 2.55. The van der Waals surface area contributed by atoms with Crippen LogP contribution in [0.4, 0.5) is 4.39 Å². The van der Waals surface area contributed by atoms with Crippen LogP contribution in [0.5, 0.6) is 5.75 Å². The van der Waals surface area contributed by atoms with Crippen LogP contribution in [0, 0.1) is 12.7 Å². The summed E-state index contributed by atoms with van der Waals surface area (Å²) in [5, 5.41) is 4.35. The number of ether oxygens (including phenoxy) is 1. The number of carbonyl (C=O) groups excluding carboxylic acids is 1. The molecule has 0 aliphatic carbocycles. The van der Waals surface area contributed by atoms with Crippen LogP contribution >= 0.6 is 27.5 Å². The van der Waals surface area contributed by atoms with Gasteiger partial charge in [0.15, 0.2) is 0 Å². The molecule has 0 radical (unpaired) electrons. The number of rotatable bonds is 6. The van der Waals surface area contributed by atoms with Crippen LogP contribution < -0.4 is 10.2 Å². The molecule has 1 amide bonds. The molecule has 3 aromatic rings. The lowest BCUT2D eigenvalue weighted by atomic mass is 10.1. The summed E-state index contributed by atoms with van der Waals surface area (Å²) in [5.41, 5.74) is 4.81. The highest BCUT2D eigenvalue weighted by molar-refractivity contribution is 9.10. The number of benzene rings is 3. The van der Waals surface area contributed by atoms with Crippen LogP contribution in [0.2, 0.25) is 5.02 Å². The quantitative estimate of drug-likeness (QED) is 0.357. The normalized spacial score (nSPS) is 10.9. The standard InChI is InChI=1S/C22H17BrClFN2O2/c1-14-6-8-18(19(24)10-14)22(28)27-26-12-16-11-17(23)7-9-21(16)29-13-15-4-2-3-5-20(15)25/h2-12H,13H2,1H3,(H,27,28)/b26-12-. The van der Waals surface area contributed by atoms with E-state index in [1.54, 1.807) is 54.6 Å². The minimum atomic E-state index is -0.421. The van der Waals surface area contributed by atoms with Crippen molar-refractivity contribution in [2.45, 2.75) is 13.5 Å². The number of nitrogens with one attached hydrogen (secondary N) is 1. The van der Waals surface area contributed by atoms with Gasteiger partial charge in [-0.15, -0.1) is 0 Å². The summed E-state index contributed by atoms with van der Waals surface area (Å²) < 4.78 is 20.4. The van der Waals surface area contributed by atoms with Crippen molar-refractivity contribution in [2.75, 3.05) is 0 Å². The van der Waals surface area contributed by atoms with E-state index in [9.17, 15) is 9.18 Å². The van der Waals surface area contributed by atoms with Crippen molar-refractivity contribution in [1.29, 1.82) is 0 Å². The van der Waals surface area contributed by atoms with E-state index in [1.807, 2.05) is 6.92 Å². The van der Waals surface area contributed by atoms with Crippen molar-refractivity contribution >= 4 is 39.7 Å². The van der Waals surface area contributed by atoms with Crippen molar-refractivity contribution in [3.05, 3.63) is 98.2 Å². The zero-order chi connectivity index (χ0) is 20.8. The molecule has 0 aliphatic rings. The van der Waals surface area contributed by atoms with E-state index in [0.29, 0.717) is 27.5 Å². The first-order valence-corrected chi connectivity index (χ1v) is 9.86. The van der Waals surface area contributed by atoms with Crippen LogP contribution in [0.3, 0.4) is 0 Å². The van der Waals surface area contributed by atoms with Gasteiger partial charge in [0.25, 0.3) is 5.91 Å². The Morgan fingerprint density at radius 3 is 2.76 bits per heavy atom. The lowest BCUT2D eigenvalue weighted by Gasteiger charge is -2.10. The van der Waals surface area contributed by atoms with Crippen LogP contribution in [0.25, 0.3) is 0 Å². The third-order valence-electron chi connectivity index (χ3n) is 4.05. The minimum absolute atomic E-state index is 0.0699. The van der Waals surface area contributed by atoms with Gasteiger partial charge >= 0.3 is 0 Å². The molecular formula is C22H17BrClFN2O2. The largest absolute Gasteiger partial charge is 0.488 e. The molecule has 3 rings (SSSR count). The number of halogens is 3. The van der Waals surface area contributed by atoms with Crippen molar-refractivity contribution in [2.24, 2.45) is 5.10 Å². The van der Waals surface area contributed by atoms with E-state index in [1.165, 1.54) is 12.3 Å². The summed E-state index contributed by atoms with van der Waals surface area (Å²) in [6.07, 6.45) is 1.46. The molecule has 0 saturated carbocycles. The number of aryl methyl sites for hydroxylation is 1. The monoisotopic (exact) mass is 474 g/mol. The van der Waals surface area contributed by atoms with Crippen LogP contribution in [-0.2, 0) is 6.61 Å². The second-order valence-corrected chi connectivity index (χ2v) is 7.57. The van der Waals surface area contributed by atoms with Crippen LogP contribution in [0.15, 0.2) is 70.2 Å². The Morgan fingerprint density at radius 2 is 2.00 bits per heavy atom. The molecule has 0 spiro atoms. The molecule has 0 fully saturated rings. The first-order chi connectivity index (χ1) is 13.9. The Kier molecular flexibility index (Phi) is 7.01. The highest BCUT2D eigenvalue weighted by Crippen LogP contribution is 2.23. The third-order valence-corrected chi connectivity index (χ3v) is 4.86. The van der Waals surface area contributed by atoms with E-state index in [2.05, 4.69) is 26.5 Å². The van der Waals surface area contributed by atoms with Gasteiger partial charge in [-0.05, 0) is 48.9 Å². The maximum absolute atomic E-state index is 13.8. The molecule has 0 heterocycles. The topological polar surface area (TPSA) is 50.7 Å². The molecule has 148 valence electrons. The second-order valence-electron chi connectivity index (χ2n) is 6.24. The first-order valence-electron chi connectivity index (χ1n) is 8.69. The smallest absolute Gasteiger partial charge is 0.272 e. The number of carbonyl (C=O) groups is 1.